The van der Waals surface area contributed by atoms with Gasteiger partial charge in [-0.2, -0.15) is 26.3 Å². The van der Waals surface area contributed by atoms with E-state index in [0.29, 0.717) is 12.8 Å². The fourth-order valence-corrected chi connectivity index (χ4v) is 1.17. The Hall–Kier alpha value is -0.420. The molecule has 0 N–H and O–H groups in total. The van der Waals surface area contributed by atoms with Crippen molar-refractivity contribution in [3.05, 3.63) is 0 Å². The summed E-state index contributed by atoms with van der Waals surface area (Å²) in [6.07, 6.45) is -10.5. The molecule has 0 aromatic rings. The van der Waals surface area contributed by atoms with Gasteiger partial charge in [0.15, 0.2) is 5.41 Å². The summed E-state index contributed by atoms with van der Waals surface area (Å²) in [5.74, 6) is 0. The predicted octanol–water partition coefficient (Wildman–Crippen LogP) is 4.70. The van der Waals surface area contributed by atoms with Gasteiger partial charge in [0.05, 0.1) is 0 Å². The van der Waals surface area contributed by atoms with Gasteiger partial charge in [0.1, 0.15) is 0 Å². The summed E-state index contributed by atoms with van der Waals surface area (Å²) in [5, 5.41) is 0. The maximum atomic E-state index is 12.3. The maximum absolute atomic E-state index is 12.3. The first-order chi connectivity index (χ1) is 6.56. The number of hydrogen-bond acceptors (Lipinski definition) is 0. The topological polar surface area (TPSA) is 0 Å². The first-order valence-corrected chi connectivity index (χ1v) is 4.69. The van der Waals surface area contributed by atoms with E-state index in [0.717, 1.165) is 0 Å². The summed E-state index contributed by atoms with van der Waals surface area (Å²) in [6, 6.07) is 0. The molecule has 6 heteroatoms. The first kappa shape index (κ1) is 14.6. The highest BCUT2D eigenvalue weighted by Gasteiger charge is 2.66. The zero-order valence-corrected chi connectivity index (χ0v) is 8.60. The Morgan fingerprint density at radius 3 is 1.47 bits per heavy atom. The smallest absolute Gasteiger partial charge is 0.170 e. The second kappa shape index (κ2) is 4.61. The molecule has 0 aliphatic carbocycles. The fourth-order valence-electron chi connectivity index (χ4n) is 1.17. The molecular formula is C9H14F6. The van der Waals surface area contributed by atoms with Gasteiger partial charge in [0.2, 0.25) is 0 Å². The van der Waals surface area contributed by atoms with Gasteiger partial charge in [0, 0.05) is 0 Å². The van der Waals surface area contributed by atoms with E-state index in [1.807, 2.05) is 0 Å². The Bertz CT molecular complexity index is 176. The van der Waals surface area contributed by atoms with Gasteiger partial charge in [-0.3, -0.25) is 0 Å². The molecule has 0 radical (unpaired) electrons. The molecule has 0 atom stereocenters. The number of unbranched alkanes of at least 4 members (excludes halogenated alkanes) is 2. The zero-order chi connectivity index (χ0) is 12.3. The van der Waals surface area contributed by atoms with E-state index in [-0.39, 0.29) is 13.3 Å². The Morgan fingerprint density at radius 1 is 0.800 bits per heavy atom. The summed E-state index contributed by atoms with van der Waals surface area (Å²) in [5.41, 5.74) is -3.57. The molecule has 0 amide bonds. The van der Waals surface area contributed by atoms with Gasteiger partial charge in [-0.15, -0.1) is 0 Å². The van der Waals surface area contributed by atoms with Crippen LogP contribution in [-0.2, 0) is 0 Å². The summed E-state index contributed by atoms with van der Waals surface area (Å²) in [4.78, 5) is 0. The fraction of sp³-hybridized carbons (Fsp3) is 1.00. The van der Waals surface area contributed by atoms with Crippen molar-refractivity contribution in [1.29, 1.82) is 0 Å². The van der Waals surface area contributed by atoms with E-state index in [4.69, 9.17) is 0 Å². The molecule has 0 aliphatic heterocycles. The lowest BCUT2D eigenvalue weighted by Gasteiger charge is -2.33. The molecule has 0 fully saturated rings. The molecule has 0 nitrogen and oxygen atoms in total. The Labute approximate surface area is 84.7 Å². The van der Waals surface area contributed by atoms with Crippen LogP contribution in [-0.4, -0.2) is 12.4 Å². The minimum absolute atomic E-state index is 0.0635. The van der Waals surface area contributed by atoms with Crippen LogP contribution in [0.4, 0.5) is 26.3 Å². The van der Waals surface area contributed by atoms with Gasteiger partial charge in [-0.25, -0.2) is 0 Å². The molecule has 0 bridgehead atoms. The van der Waals surface area contributed by atoms with Crippen LogP contribution in [0.5, 0.6) is 0 Å². The number of hydrogen-bond donors (Lipinski definition) is 0. The molecule has 0 spiro atoms. The molecule has 0 unspecified atom stereocenters. The summed E-state index contributed by atoms with van der Waals surface area (Å²) in [7, 11) is 0. The summed E-state index contributed by atoms with van der Waals surface area (Å²) >= 11 is 0. The Balaban J connectivity index is 4.74. The molecule has 15 heavy (non-hydrogen) atoms. The Morgan fingerprint density at radius 2 is 1.20 bits per heavy atom. The van der Waals surface area contributed by atoms with E-state index in [2.05, 4.69) is 0 Å². The molecule has 0 heterocycles. The molecule has 0 aromatic heterocycles. The second-order valence-corrected chi connectivity index (χ2v) is 3.78. The average Bonchev–Trinajstić information content (AvgIpc) is 2.00. The minimum Gasteiger partial charge on any atom is -0.170 e. The van der Waals surface area contributed by atoms with E-state index >= 15 is 0 Å². The normalized spacial score (nSPS) is 14.4. The SMILES string of the molecule is CCCCCC(C)(C(F)(F)F)C(F)(F)F. The Kier molecular flexibility index (Phi) is 4.49. The van der Waals surface area contributed by atoms with E-state index in [1.165, 1.54) is 0 Å². The van der Waals surface area contributed by atoms with Crippen molar-refractivity contribution in [3.8, 4) is 0 Å². The third-order valence-electron chi connectivity index (χ3n) is 2.53. The van der Waals surface area contributed by atoms with Crippen molar-refractivity contribution in [2.75, 3.05) is 0 Å². The number of halogens is 6. The van der Waals surface area contributed by atoms with Crippen LogP contribution in [0.1, 0.15) is 39.5 Å². The van der Waals surface area contributed by atoms with Gasteiger partial charge in [-0.1, -0.05) is 26.2 Å². The largest absolute Gasteiger partial charge is 0.402 e. The molecule has 0 aliphatic rings. The van der Waals surface area contributed by atoms with E-state index in [9.17, 15) is 26.3 Å². The number of rotatable bonds is 4. The lowest BCUT2D eigenvalue weighted by Crippen LogP contribution is -2.47. The molecule has 0 aromatic carbocycles. The van der Waals surface area contributed by atoms with E-state index < -0.39 is 24.2 Å². The van der Waals surface area contributed by atoms with Crippen LogP contribution in [0, 0.1) is 5.41 Å². The molecular weight excluding hydrogens is 222 g/mol. The van der Waals surface area contributed by atoms with Crippen LogP contribution in [0.25, 0.3) is 0 Å². The standard InChI is InChI=1S/C9H14F6/c1-3-4-5-6-7(2,8(10,11)12)9(13,14)15/h3-6H2,1-2H3. The van der Waals surface area contributed by atoms with Crippen molar-refractivity contribution in [1.82, 2.24) is 0 Å². The summed E-state index contributed by atoms with van der Waals surface area (Å²) in [6.45, 7) is 1.95. The van der Waals surface area contributed by atoms with Crippen molar-refractivity contribution in [3.63, 3.8) is 0 Å². The average molecular weight is 236 g/mol. The number of alkyl halides is 6. The first-order valence-electron chi connectivity index (χ1n) is 4.69. The van der Waals surface area contributed by atoms with Gasteiger partial charge < -0.3 is 0 Å². The van der Waals surface area contributed by atoms with Crippen LogP contribution >= 0.6 is 0 Å². The highest BCUT2D eigenvalue weighted by atomic mass is 19.4. The minimum atomic E-state index is -5.24. The second-order valence-electron chi connectivity index (χ2n) is 3.78. The van der Waals surface area contributed by atoms with Crippen LogP contribution in [0.15, 0.2) is 0 Å². The van der Waals surface area contributed by atoms with Crippen molar-refractivity contribution in [2.45, 2.75) is 51.9 Å². The maximum Gasteiger partial charge on any atom is 0.402 e. The lowest BCUT2D eigenvalue weighted by atomic mass is 9.83. The molecule has 0 saturated heterocycles. The van der Waals surface area contributed by atoms with Gasteiger partial charge in [-0.05, 0) is 13.3 Å². The van der Waals surface area contributed by atoms with Crippen LogP contribution in [0.2, 0.25) is 0 Å². The highest BCUT2D eigenvalue weighted by Crippen LogP contribution is 2.52. The van der Waals surface area contributed by atoms with Crippen LogP contribution < -0.4 is 0 Å². The third kappa shape index (κ3) is 3.28. The monoisotopic (exact) mass is 236 g/mol. The zero-order valence-electron chi connectivity index (χ0n) is 8.60. The predicted molar refractivity (Wildman–Crippen MR) is 44.4 cm³/mol. The van der Waals surface area contributed by atoms with Gasteiger partial charge in [0.25, 0.3) is 0 Å². The third-order valence-corrected chi connectivity index (χ3v) is 2.53. The molecule has 92 valence electrons. The van der Waals surface area contributed by atoms with E-state index in [1.54, 1.807) is 6.92 Å². The molecule has 0 saturated carbocycles. The van der Waals surface area contributed by atoms with Crippen molar-refractivity contribution >= 4 is 0 Å². The van der Waals surface area contributed by atoms with Crippen molar-refractivity contribution in [2.24, 2.45) is 5.41 Å². The van der Waals surface area contributed by atoms with Crippen molar-refractivity contribution < 1.29 is 26.3 Å². The lowest BCUT2D eigenvalue weighted by molar-refractivity contribution is -0.336. The van der Waals surface area contributed by atoms with Crippen LogP contribution in [0.3, 0.4) is 0 Å². The van der Waals surface area contributed by atoms with Gasteiger partial charge >= 0.3 is 12.4 Å². The molecule has 0 rings (SSSR count). The quantitative estimate of drug-likeness (QED) is 0.490. The summed E-state index contributed by atoms with van der Waals surface area (Å²) < 4.78 is 73.8. The highest BCUT2D eigenvalue weighted by molar-refractivity contribution is 4.88.